The molecule has 2 aliphatic carbocycles. The average molecular weight is 836 g/mol. The number of fused-ring (bicyclic) bond motifs is 6. The molecule has 0 saturated carbocycles. The molecule has 0 N–H and O–H groups in total. The van der Waals surface area contributed by atoms with E-state index < -0.39 is 5.41 Å². The van der Waals surface area contributed by atoms with Crippen molar-refractivity contribution in [3.63, 3.8) is 0 Å². The van der Waals surface area contributed by atoms with Crippen molar-refractivity contribution in [1.29, 1.82) is 0 Å². The van der Waals surface area contributed by atoms with Crippen LogP contribution in [0.4, 0.5) is 17.1 Å². The second kappa shape index (κ2) is 15.4. The fraction of sp³-hybridized carbons (Fsp3) is 0.125. The van der Waals surface area contributed by atoms with E-state index in [2.05, 4.69) is 258 Å². The average Bonchev–Trinajstić information content (AvgIpc) is 3.77. The number of nitrogens with zero attached hydrogens (tertiary/aromatic N) is 1. The first kappa shape index (κ1) is 40.3. The molecule has 0 fully saturated rings. The van der Waals surface area contributed by atoms with E-state index >= 15 is 0 Å². The smallest absolute Gasteiger partial charge is 0.0714 e. The quantitative estimate of drug-likeness (QED) is 0.147. The van der Waals surface area contributed by atoms with Gasteiger partial charge in [0.25, 0.3) is 0 Å². The van der Waals surface area contributed by atoms with Gasteiger partial charge in [-0.2, -0.15) is 0 Å². The first-order chi connectivity index (χ1) is 31.6. The van der Waals surface area contributed by atoms with Crippen LogP contribution in [0.3, 0.4) is 0 Å². The molecular formula is C64H53N. The van der Waals surface area contributed by atoms with Crippen LogP contribution in [-0.4, -0.2) is 0 Å². The maximum atomic E-state index is 4.01. The Hall–Kier alpha value is -7.48. The molecule has 1 unspecified atom stereocenters. The van der Waals surface area contributed by atoms with Gasteiger partial charge in [0.15, 0.2) is 0 Å². The van der Waals surface area contributed by atoms with Crippen LogP contribution in [0.15, 0.2) is 219 Å². The van der Waals surface area contributed by atoms with Crippen molar-refractivity contribution in [2.75, 3.05) is 4.90 Å². The molecule has 0 aliphatic heterocycles. The Morgan fingerprint density at radius 2 is 0.908 bits per heavy atom. The standard InChI is InChI=1S/C64H53N/c1-7-43-24-26-46(27-25-43)47-18-15-19-50(40-47)64(49-32-30-48(31-33-49)62(2,3)4)59-23-14-12-21-55(59)57-39-37-53(42-61(57)64)65(51-34-28-45(29-35-51)44-16-9-8-10-17-44)52-36-38-56-54-20-11-13-22-58(54)63(5,6)60(56)41-52/h7-42H,1H2,2-6H3. The monoisotopic (exact) mass is 835 g/mol. The Labute approximate surface area is 385 Å². The zero-order chi connectivity index (χ0) is 44.5. The molecular weight excluding hydrogens is 783 g/mol. The zero-order valence-electron chi connectivity index (χ0n) is 37.9. The van der Waals surface area contributed by atoms with Crippen LogP contribution in [-0.2, 0) is 16.2 Å². The molecule has 0 spiro atoms. The maximum absolute atomic E-state index is 4.01. The van der Waals surface area contributed by atoms with E-state index in [1.54, 1.807) is 0 Å². The molecule has 2 aliphatic rings. The largest absolute Gasteiger partial charge is 0.310 e. The summed E-state index contributed by atoms with van der Waals surface area (Å²) in [6.07, 6.45) is 1.91. The first-order valence-corrected chi connectivity index (χ1v) is 22.9. The molecule has 0 amide bonds. The minimum Gasteiger partial charge on any atom is -0.310 e. The molecule has 1 atom stereocenters. The Morgan fingerprint density at radius 3 is 1.57 bits per heavy atom. The Bertz CT molecular complexity index is 3250. The van der Waals surface area contributed by atoms with Crippen LogP contribution in [0.1, 0.15) is 79.1 Å². The van der Waals surface area contributed by atoms with Gasteiger partial charge in [0.05, 0.1) is 5.41 Å². The van der Waals surface area contributed by atoms with E-state index in [9.17, 15) is 0 Å². The van der Waals surface area contributed by atoms with Crippen molar-refractivity contribution in [3.05, 3.63) is 263 Å². The van der Waals surface area contributed by atoms with E-state index in [0.717, 1.165) is 22.6 Å². The molecule has 11 rings (SSSR count). The van der Waals surface area contributed by atoms with Gasteiger partial charge >= 0.3 is 0 Å². The lowest BCUT2D eigenvalue weighted by Gasteiger charge is -2.36. The number of anilines is 3. The third-order valence-electron chi connectivity index (χ3n) is 14.3. The van der Waals surface area contributed by atoms with Crippen molar-refractivity contribution in [2.24, 2.45) is 0 Å². The molecule has 0 aromatic heterocycles. The molecule has 0 radical (unpaired) electrons. The molecule has 0 bridgehead atoms. The molecule has 65 heavy (non-hydrogen) atoms. The van der Waals surface area contributed by atoms with Crippen molar-refractivity contribution >= 4 is 23.1 Å². The fourth-order valence-electron chi connectivity index (χ4n) is 10.9. The predicted octanol–water partition coefficient (Wildman–Crippen LogP) is 17.1. The summed E-state index contributed by atoms with van der Waals surface area (Å²) in [6, 6.07) is 79.6. The normalized spacial score (nSPS) is 15.4. The van der Waals surface area contributed by atoms with E-state index in [1.165, 1.54) is 83.5 Å². The van der Waals surface area contributed by atoms with Crippen molar-refractivity contribution < 1.29 is 0 Å². The summed E-state index contributed by atoms with van der Waals surface area (Å²) >= 11 is 0. The Kier molecular flexibility index (Phi) is 9.52. The van der Waals surface area contributed by atoms with Gasteiger partial charge in [-0.05, 0) is 137 Å². The number of rotatable bonds is 8. The summed E-state index contributed by atoms with van der Waals surface area (Å²) in [4.78, 5) is 2.47. The highest BCUT2D eigenvalue weighted by molar-refractivity contribution is 5.91. The summed E-state index contributed by atoms with van der Waals surface area (Å²) in [7, 11) is 0. The molecule has 0 heterocycles. The second-order valence-corrected chi connectivity index (χ2v) is 19.4. The lowest BCUT2D eigenvalue weighted by molar-refractivity contribution is 0.589. The summed E-state index contributed by atoms with van der Waals surface area (Å²) < 4.78 is 0. The van der Waals surface area contributed by atoms with Crippen LogP contribution < -0.4 is 4.90 Å². The van der Waals surface area contributed by atoms with Crippen molar-refractivity contribution in [2.45, 2.75) is 50.9 Å². The lowest BCUT2D eigenvalue weighted by Crippen LogP contribution is -2.29. The van der Waals surface area contributed by atoms with Gasteiger partial charge in [0.1, 0.15) is 0 Å². The highest BCUT2D eigenvalue weighted by Crippen LogP contribution is 2.58. The van der Waals surface area contributed by atoms with E-state index in [0.29, 0.717) is 0 Å². The topological polar surface area (TPSA) is 3.24 Å². The van der Waals surface area contributed by atoms with Gasteiger partial charge in [-0.25, -0.2) is 0 Å². The van der Waals surface area contributed by atoms with Crippen LogP contribution >= 0.6 is 0 Å². The summed E-state index contributed by atoms with van der Waals surface area (Å²) in [5, 5.41) is 0. The number of benzene rings is 9. The minimum absolute atomic E-state index is 0.0181. The van der Waals surface area contributed by atoms with Gasteiger partial charge in [0, 0.05) is 22.5 Å². The van der Waals surface area contributed by atoms with Gasteiger partial charge in [0.2, 0.25) is 0 Å². The van der Waals surface area contributed by atoms with Gasteiger partial charge in [-0.1, -0.05) is 217 Å². The summed E-state index contributed by atoms with van der Waals surface area (Å²) in [5.74, 6) is 0. The number of hydrogen-bond acceptors (Lipinski definition) is 1. The Balaban J connectivity index is 1.16. The fourth-order valence-corrected chi connectivity index (χ4v) is 10.9. The van der Waals surface area contributed by atoms with E-state index in [-0.39, 0.29) is 10.8 Å². The van der Waals surface area contributed by atoms with Crippen molar-refractivity contribution in [1.82, 2.24) is 0 Å². The second-order valence-electron chi connectivity index (χ2n) is 19.4. The lowest BCUT2D eigenvalue weighted by atomic mass is 9.67. The van der Waals surface area contributed by atoms with Crippen molar-refractivity contribution in [3.8, 4) is 44.5 Å². The highest BCUT2D eigenvalue weighted by Gasteiger charge is 2.47. The molecule has 1 heteroatoms. The molecule has 9 aromatic rings. The summed E-state index contributed by atoms with van der Waals surface area (Å²) in [6.45, 7) is 15.6. The van der Waals surface area contributed by atoms with Gasteiger partial charge < -0.3 is 4.90 Å². The van der Waals surface area contributed by atoms with Crippen LogP contribution in [0.5, 0.6) is 0 Å². The van der Waals surface area contributed by atoms with E-state index in [4.69, 9.17) is 0 Å². The third-order valence-corrected chi connectivity index (χ3v) is 14.3. The maximum Gasteiger partial charge on any atom is 0.0714 e. The highest BCUT2D eigenvalue weighted by atomic mass is 15.1. The SMILES string of the molecule is C=Cc1ccc(-c2cccc(C3(c4ccc(C(C)(C)C)cc4)c4ccccc4-c4ccc(N(c5ccc(-c6ccccc6)cc5)c5ccc6c(c5)C(C)(C)c5ccccc5-6)cc43)c2)cc1. The number of hydrogen-bond donors (Lipinski definition) is 0. The minimum atomic E-state index is -0.611. The molecule has 1 nitrogen and oxygen atoms in total. The predicted molar refractivity (Wildman–Crippen MR) is 276 cm³/mol. The first-order valence-electron chi connectivity index (χ1n) is 22.9. The van der Waals surface area contributed by atoms with Crippen LogP contribution in [0, 0.1) is 0 Å². The zero-order valence-corrected chi connectivity index (χ0v) is 37.9. The Morgan fingerprint density at radius 1 is 0.400 bits per heavy atom. The van der Waals surface area contributed by atoms with E-state index in [1.807, 2.05) is 6.08 Å². The van der Waals surface area contributed by atoms with Gasteiger partial charge in [-0.3, -0.25) is 0 Å². The molecule has 0 saturated heterocycles. The van der Waals surface area contributed by atoms with Crippen LogP contribution in [0.2, 0.25) is 0 Å². The molecule has 9 aromatic carbocycles. The summed E-state index contributed by atoms with van der Waals surface area (Å²) in [5.41, 5.74) is 22.8. The van der Waals surface area contributed by atoms with Gasteiger partial charge in [-0.15, -0.1) is 0 Å². The third kappa shape index (κ3) is 6.52. The molecule has 314 valence electrons. The van der Waals surface area contributed by atoms with Crippen LogP contribution in [0.25, 0.3) is 50.6 Å².